The molecule has 1 unspecified atom stereocenters. The molecular weight excluding hydrogens is 356 g/mol. The third kappa shape index (κ3) is 3.48. The second kappa shape index (κ2) is 6.70. The van der Waals surface area contributed by atoms with E-state index in [1.54, 1.807) is 36.5 Å². The first-order chi connectivity index (χ1) is 12.3. The van der Waals surface area contributed by atoms with E-state index in [4.69, 9.17) is 5.14 Å². The van der Waals surface area contributed by atoms with Gasteiger partial charge in [0.1, 0.15) is 5.52 Å². The van der Waals surface area contributed by atoms with Gasteiger partial charge in [-0.1, -0.05) is 12.1 Å². The van der Waals surface area contributed by atoms with Crippen molar-refractivity contribution in [3.05, 3.63) is 70.4 Å². The first-order valence-corrected chi connectivity index (χ1v) is 9.23. The molecule has 0 aliphatic carbocycles. The lowest BCUT2D eigenvalue weighted by Crippen LogP contribution is -2.14. The molecule has 0 aliphatic heterocycles. The molecule has 0 spiro atoms. The zero-order chi connectivity index (χ0) is 18.9. The molecule has 0 saturated carbocycles. The summed E-state index contributed by atoms with van der Waals surface area (Å²) in [5.41, 5.74) is 1.76. The van der Waals surface area contributed by atoms with Gasteiger partial charge in [-0.15, -0.1) is 0 Å². The van der Waals surface area contributed by atoms with Crippen molar-refractivity contribution in [2.24, 2.45) is 5.14 Å². The van der Waals surface area contributed by atoms with Crippen LogP contribution in [0.1, 0.15) is 18.5 Å². The molecule has 3 rings (SSSR count). The molecule has 3 N–H and O–H groups in total. The fraction of sp³-hybridized carbons (Fsp3) is 0.118. The highest BCUT2D eigenvalue weighted by atomic mass is 32.2. The van der Waals surface area contributed by atoms with Crippen molar-refractivity contribution in [3.63, 3.8) is 0 Å². The summed E-state index contributed by atoms with van der Waals surface area (Å²) in [5.74, 6) is 0. The Balaban J connectivity index is 2.00. The van der Waals surface area contributed by atoms with Crippen LogP contribution in [0.4, 0.5) is 11.4 Å². The second-order valence-electron chi connectivity index (χ2n) is 5.77. The lowest BCUT2D eigenvalue weighted by atomic mass is 10.1. The average molecular weight is 372 g/mol. The Hall–Kier alpha value is -3.04. The van der Waals surface area contributed by atoms with Crippen molar-refractivity contribution in [1.82, 2.24) is 4.98 Å². The van der Waals surface area contributed by atoms with Crippen molar-refractivity contribution in [2.75, 3.05) is 5.32 Å². The summed E-state index contributed by atoms with van der Waals surface area (Å²) in [5, 5.41) is 20.0. The van der Waals surface area contributed by atoms with E-state index in [-0.39, 0.29) is 16.6 Å². The largest absolute Gasteiger partial charge is 0.377 e. The molecule has 2 aromatic carbocycles. The van der Waals surface area contributed by atoms with Gasteiger partial charge in [-0.3, -0.25) is 15.1 Å². The van der Waals surface area contributed by atoms with Crippen LogP contribution >= 0.6 is 0 Å². The molecule has 1 atom stereocenters. The highest BCUT2D eigenvalue weighted by molar-refractivity contribution is 7.89. The predicted octanol–water partition coefficient (Wildman–Crippen LogP) is 2.96. The van der Waals surface area contributed by atoms with Crippen LogP contribution in [-0.4, -0.2) is 18.3 Å². The van der Waals surface area contributed by atoms with Gasteiger partial charge < -0.3 is 5.32 Å². The van der Waals surface area contributed by atoms with Gasteiger partial charge in [0, 0.05) is 18.3 Å². The minimum absolute atomic E-state index is 0.0235. The molecular formula is C17H16N4O4S. The number of hydrogen-bond donors (Lipinski definition) is 2. The van der Waals surface area contributed by atoms with Crippen molar-refractivity contribution in [3.8, 4) is 0 Å². The number of fused-ring (bicyclic) bond motifs is 1. The van der Waals surface area contributed by atoms with Crippen LogP contribution in [0.2, 0.25) is 0 Å². The molecule has 134 valence electrons. The second-order valence-corrected chi connectivity index (χ2v) is 7.33. The molecule has 0 amide bonds. The SMILES string of the molecule is CC(Nc1ccc([N+](=O)[O-])c2cccnc12)c1cccc(S(N)(=O)=O)c1. The molecule has 0 aliphatic rings. The van der Waals surface area contributed by atoms with E-state index < -0.39 is 14.9 Å². The van der Waals surface area contributed by atoms with Gasteiger partial charge in [0.25, 0.3) is 5.69 Å². The maximum absolute atomic E-state index is 11.5. The Morgan fingerprint density at radius 3 is 2.65 bits per heavy atom. The molecule has 1 heterocycles. The molecule has 3 aromatic rings. The monoisotopic (exact) mass is 372 g/mol. The van der Waals surface area contributed by atoms with E-state index in [2.05, 4.69) is 10.3 Å². The summed E-state index contributed by atoms with van der Waals surface area (Å²) >= 11 is 0. The van der Waals surface area contributed by atoms with E-state index in [1.807, 2.05) is 6.92 Å². The number of nitro benzene ring substituents is 1. The van der Waals surface area contributed by atoms with E-state index in [0.717, 1.165) is 0 Å². The van der Waals surface area contributed by atoms with Gasteiger partial charge in [0.05, 0.1) is 20.9 Å². The minimum atomic E-state index is -3.80. The summed E-state index contributed by atoms with van der Waals surface area (Å²) in [6.45, 7) is 1.85. The number of non-ortho nitro benzene ring substituents is 1. The first kappa shape index (κ1) is 17.8. The van der Waals surface area contributed by atoms with Gasteiger partial charge in [0.2, 0.25) is 10.0 Å². The molecule has 0 fully saturated rings. The number of rotatable bonds is 5. The van der Waals surface area contributed by atoms with Crippen LogP contribution in [0.3, 0.4) is 0 Å². The Labute approximate surface area is 149 Å². The summed E-state index contributed by atoms with van der Waals surface area (Å²) in [6.07, 6.45) is 1.56. The van der Waals surface area contributed by atoms with E-state index >= 15 is 0 Å². The normalized spacial score (nSPS) is 12.7. The quantitative estimate of drug-likeness (QED) is 0.523. The number of aromatic nitrogens is 1. The van der Waals surface area contributed by atoms with E-state index in [0.29, 0.717) is 22.2 Å². The average Bonchev–Trinajstić information content (AvgIpc) is 2.61. The Morgan fingerprint density at radius 2 is 1.96 bits per heavy atom. The van der Waals surface area contributed by atoms with Crippen molar-refractivity contribution in [1.29, 1.82) is 0 Å². The fourth-order valence-corrected chi connectivity index (χ4v) is 3.28. The number of nitrogens with two attached hydrogens (primary N) is 1. The maximum Gasteiger partial charge on any atom is 0.278 e. The minimum Gasteiger partial charge on any atom is -0.377 e. The van der Waals surface area contributed by atoms with Gasteiger partial charge in [-0.25, -0.2) is 13.6 Å². The topological polar surface area (TPSA) is 128 Å². The van der Waals surface area contributed by atoms with Gasteiger partial charge in [-0.05, 0) is 42.8 Å². The Kier molecular flexibility index (Phi) is 4.58. The third-order valence-corrected chi connectivity index (χ3v) is 4.91. The summed E-state index contributed by atoms with van der Waals surface area (Å²) in [4.78, 5) is 15.0. The first-order valence-electron chi connectivity index (χ1n) is 7.69. The third-order valence-electron chi connectivity index (χ3n) is 4.00. The predicted molar refractivity (Wildman–Crippen MR) is 98.3 cm³/mol. The molecule has 9 heteroatoms. The fourth-order valence-electron chi connectivity index (χ4n) is 2.71. The molecule has 1 aromatic heterocycles. The highest BCUT2D eigenvalue weighted by Crippen LogP contribution is 2.32. The number of sulfonamides is 1. The lowest BCUT2D eigenvalue weighted by Gasteiger charge is -2.17. The molecule has 0 bridgehead atoms. The van der Waals surface area contributed by atoms with E-state index in [9.17, 15) is 18.5 Å². The maximum atomic E-state index is 11.5. The van der Waals surface area contributed by atoms with Crippen LogP contribution in [0.15, 0.2) is 59.6 Å². The number of benzene rings is 2. The van der Waals surface area contributed by atoms with Crippen molar-refractivity contribution in [2.45, 2.75) is 17.9 Å². The molecule has 26 heavy (non-hydrogen) atoms. The summed E-state index contributed by atoms with van der Waals surface area (Å²) in [7, 11) is -3.80. The van der Waals surface area contributed by atoms with E-state index in [1.165, 1.54) is 18.2 Å². The van der Waals surface area contributed by atoms with Crippen LogP contribution in [0.25, 0.3) is 10.9 Å². The highest BCUT2D eigenvalue weighted by Gasteiger charge is 2.17. The number of nitrogens with one attached hydrogen (secondary N) is 1. The van der Waals surface area contributed by atoms with Crippen LogP contribution in [-0.2, 0) is 10.0 Å². The van der Waals surface area contributed by atoms with Crippen LogP contribution in [0.5, 0.6) is 0 Å². The van der Waals surface area contributed by atoms with Gasteiger partial charge in [-0.2, -0.15) is 0 Å². The number of hydrogen-bond acceptors (Lipinski definition) is 6. The van der Waals surface area contributed by atoms with Crippen molar-refractivity contribution < 1.29 is 13.3 Å². The van der Waals surface area contributed by atoms with Gasteiger partial charge >= 0.3 is 0 Å². The zero-order valence-electron chi connectivity index (χ0n) is 13.8. The number of nitrogens with zero attached hydrogens (tertiary/aromatic N) is 2. The Morgan fingerprint density at radius 1 is 1.19 bits per heavy atom. The lowest BCUT2D eigenvalue weighted by molar-refractivity contribution is -0.383. The van der Waals surface area contributed by atoms with Crippen molar-refractivity contribution >= 4 is 32.3 Å². The summed E-state index contributed by atoms with van der Waals surface area (Å²) < 4.78 is 23.1. The number of anilines is 1. The molecule has 0 saturated heterocycles. The summed E-state index contributed by atoms with van der Waals surface area (Å²) in [6, 6.07) is 12.3. The zero-order valence-corrected chi connectivity index (χ0v) is 14.6. The molecule has 8 nitrogen and oxygen atoms in total. The van der Waals surface area contributed by atoms with Crippen LogP contribution in [0, 0.1) is 10.1 Å². The Bertz CT molecular complexity index is 1100. The standard InChI is InChI=1S/C17H16N4O4S/c1-11(12-4-2-5-13(10-12)26(18,24)25)20-15-7-8-16(21(22)23)14-6-3-9-19-17(14)15/h2-11,20H,1H3,(H2,18,24,25). The number of pyridine rings is 1. The molecule has 0 radical (unpaired) electrons. The number of nitro groups is 1. The smallest absolute Gasteiger partial charge is 0.278 e. The van der Waals surface area contributed by atoms with Crippen LogP contribution < -0.4 is 10.5 Å². The van der Waals surface area contributed by atoms with Gasteiger partial charge in [0.15, 0.2) is 0 Å². The number of primary sulfonamides is 1.